The highest BCUT2D eigenvalue weighted by Gasteiger charge is 2.20. The zero-order valence-electron chi connectivity index (χ0n) is 25.1. The quantitative estimate of drug-likeness (QED) is 0.211. The molecule has 13 heteroatoms. The lowest BCUT2D eigenvalue weighted by Crippen LogP contribution is -2.25. The molecule has 4 heterocycles. The van der Waals surface area contributed by atoms with Crippen LogP contribution in [0.15, 0.2) is 53.7 Å². The summed E-state index contributed by atoms with van der Waals surface area (Å²) < 4.78 is 18.5. The van der Waals surface area contributed by atoms with Gasteiger partial charge in [-0.1, -0.05) is 0 Å². The molecule has 44 heavy (non-hydrogen) atoms. The Morgan fingerprint density at radius 3 is 2.39 bits per heavy atom. The lowest BCUT2D eigenvalue weighted by atomic mass is 9.99. The molecule has 0 aliphatic heterocycles. The van der Waals surface area contributed by atoms with E-state index in [0.717, 1.165) is 0 Å². The number of urea groups is 1. The molecule has 5 rings (SSSR count). The number of halogens is 1. The molecule has 0 spiro atoms. The maximum Gasteiger partial charge on any atom is 0.323 e. The molecule has 0 saturated heterocycles. The Bertz CT molecular complexity index is 1990. The number of fused-ring (bicyclic) bond motifs is 1. The van der Waals surface area contributed by atoms with Gasteiger partial charge in [0.1, 0.15) is 28.9 Å². The van der Waals surface area contributed by atoms with Crippen molar-refractivity contribution in [3.63, 3.8) is 0 Å². The molecule has 3 N–H and O–H groups in total. The van der Waals surface area contributed by atoms with Crippen LogP contribution in [0.3, 0.4) is 0 Å². The average Bonchev–Trinajstić information content (AvgIpc) is 3.41. The van der Waals surface area contributed by atoms with Gasteiger partial charge in [-0.05, 0) is 76.1 Å². The zero-order chi connectivity index (χ0) is 31.7. The molecule has 0 bridgehead atoms. The van der Waals surface area contributed by atoms with E-state index in [2.05, 4.69) is 36.0 Å². The number of pyridine rings is 2. The number of anilines is 3. The van der Waals surface area contributed by atoms with Crippen LogP contribution in [0, 0.1) is 24.1 Å². The molecule has 0 aliphatic rings. The monoisotopic (exact) mass is 594 g/mol. The normalized spacial score (nSPS) is 11.2. The number of nitrogens with one attached hydrogen (secondary N) is 3. The second kappa shape index (κ2) is 11.9. The molecule has 12 nitrogen and oxygen atoms in total. The van der Waals surface area contributed by atoms with Crippen LogP contribution in [0.4, 0.5) is 26.5 Å². The van der Waals surface area contributed by atoms with Crippen molar-refractivity contribution in [3.05, 3.63) is 76.4 Å². The molecule has 0 unspecified atom stereocenters. The van der Waals surface area contributed by atoms with Gasteiger partial charge in [0.15, 0.2) is 0 Å². The second-order valence-electron chi connectivity index (χ2n) is 10.8. The van der Waals surface area contributed by atoms with Crippen molar-refractivity contribution >= 4 is 34.4 Å². The Morgan fingerprint density at radius 1 is 1.00 bits per heavy atom. The number of aromatic nitrogens is 6. The standard InChI is InChI=1S/C31H31FN10O2/c1-16(2)41-15-26(27(40-41)19-7-8-21(12-33)35-13-19)38-31(44)37-25-11-22(18(5)9-24(25)32)23-10-20-14-36-30(34-6)39-28(20)42(17(3)4)29(23)43/h7-11,13-17H,1-6H3,(H,34,36,39)(H2,37,38,44). The Labute approximate surface area is 252 Å². The summed E-state index contributed by atoms with van der Waals surface area (Å²) in [4.78, 5) is 39.8. The molecular weight excluding hydrogens is 563 g/mol. The third kappa shape index (κ3) is 5.69. The number of hydrogen-bond donors (Lipinski definition) is 3. The number of nitrogens with zero attached hydrogens (tertiary/aromatic N) is 7. The predicted octanol–water partition coefficient (Wildman–Crippen LogP) is 5.88. The van der Waals surface area contributed by atoms with Gasteiger partial charge in [-0.15, -0.1) is 0 Å². The summed E-state index contributed by atoms with van der Waals surface area (Å²) >= 11 is 0. The van der Waals surface area contributed by atoms with Gasteiger partial charge in [-0.2, -0.15) is 15.3 Å². The average molecular weight is 595 g/mol. The number of nitriles is 1. The van der Waals surface area contributed by atoms with Crippen LogP contribution in [-0.4, -0.2) is 42.4 Å². The first-order chi connectivity index (χ1) is 21.0. The van der Waals surface area contributed by atoms with E-state index in [1.54, 1.807) is 53.8 Å². The number of amides is 2. The van der Waals surface area contributed by atoms with Crippen molar-refractivity contribution in [2.24, 2.45) is 0 Å². The Hall–Kier alpha value is -5.64. The maximum atomic E-state index is 15.2. The predicted molar refractivity (Wildman–Crippen MR) is 167 cm³/mol. The lowest BCUT2D eigenvalue weighted by Gasteiger charge is -2.17. The molecule has 1 aromatic carbocycles. The summed E-state index contributed by atoms with van der Waals surface area (Å²) in [6.07, 6.45) is 4.79. The number of carbonyl (C=O) groups excluding carboxylic acids is 1. The van der Waals surface area contributed by atoms with E-state index in [1.165, 1.54) is 18.3 Å². The van der Waals surface area contributed by atoms with E-state index in [0.29, 0.717) is 50.6 Å². The van der Waals surface area contributed by atoms with Gasteiger partial charge in [-0.3, -0.25) is 14.0 Å². The van der Waals surface area contributed by atoms with E-state index in [4.69, 9.17) is 5.26 Å². The van der Waals surface area contributed by atoms with E-state index >= 15 is 4.39 Å². The van der Waals surface area contributed by atoms with Crippen LogP contribution >= 0.6 is 0 Å². The van der Waals surface area contributed by atoms with Crippen molar-refractivity contribution in [1.29, 1.82) is 5.26 Å². The van der Waals surface area contributed by atoms with Crippen LogP contribution in [-0.2, 0) is 0 Å². The van der Waals surface area contributed by atoms with Gasteiger partial charge in [-0.25, -0.2) is 19.2 Å². The third-order valence-electron chi connectivity index (χ3n) is 7.03. The molecule has 0 fully saturated rings. The van der Waals surface area contributed by atoms with E-state index in [-0.39, 0.29) is 29.0 Å². The van der Waals surface area contributed by atoms with Crippen molar-refractivity contribution in [2.45, 2.75) is 46.7 Å². The Kier molecular flexibility index (Phi) is 8.09. The van der Waals surface area contributed by atoms with E-state index < -0.39 is 11.8 Å². The molecule has 0 aliphatic carbocycles. The van der Waals surface area contributed by atoms with Gasteiger partial charge in [0, 0.05) is 54.2 Å². The molecular formula is C31H31FN10O2. The maximum absolute atomic E-state index is 15.2. The zero-order valence-corrected chi connectivity index (χ0v) is 25.1. The number of carbonyl (C=O) groups is 1. The first kappa shape index (κ1) is 29.8. The Morgan fingerprint density at radius 2 is 1.75 bits per heavy atom. The summed E-state index contributed by atoms with van der Waals surface area (Å²) in [5.74, 6) is -0.283. The number of aryl methyl sites for hydroxylation is 1. The SMILES string of the molecule is CNc1ncc2cc(-c3cc(NC(=O)Nc4cn(C(C)C)nc4-c4ccc(C#N)nc4)c(F)cc3C)c(=O)n(C(C)C)c2n1. The largest absolute Gasteiger partial charge is 0.357 e. The molecule has 0 radical (unpaired) electrons. The van der Waals surface area contributed by atoms with Crippen LogP contribution in [0.1, 0.15) is 51.0 Å². The van der Waals surface area contributed by atoms with Crippen LogP contribution in [0.25, 0.3) is 33.4 Å². The highest BCUT2D eigenvalue weighted by molar-refractivity contribution is 6.02. The fraction of sp³-hybridized carbons (Fsp3) is 0.258. The highest BCUT2D eigenvalue weighted by Crippen LogP contribution is 2.31. The van der Waals surface area contributed by atoms with E-state index in [9.17, 15) is 9.59 Å². The van der Waals surface area contributed by atoms with Crippen molar-refractivity contribution in [2.75, 3.05) is 23.0 Å². The topological polar surface area (TPSA) is 155 Å². The minimum atomic E-state index is -0.712. The number of benzene rings is 1. The lowest BCUT2D eigenvalue weighted by molar-refractivity contribution is 0.262. The van der Waals surface area contributed by atoms with Gasteiger partial charge in [0.05, 0.1) is 11.4 Å². The van der Waals surface area contributed by atoms with Crippen LogP contribution in [0.5, 0.6) is 0 Å². The molecule has 0 atom stereocenters. The first-order valence-electron chi connectivity index (χ1n) is 13.9. The minimum absolute atomic E-state index is 0.0112. The van der Waals surface area contributed by atoms with Crippen molar-refractivity contribution in [3.8, 4) is 28.5 Å². The van der Waals surface area contributed by atoms with E-state index in [1.807, 2.05) is 33.8 Å². The van der Waals surface area contributed by atoms with Crippen molar-refractivity contribution in [1.82, 2.24) is 29.3 Å². The smallest absolute Gasteiger partial charge is 0.323 e. The van der Waals surface area contributed by atoms with Gasteiger partial charge in [0.2, 0.25) is 5.95 Å². The summed E-state index contributed by atoms with van der Waals surface area (Å²) in [7, 11) is 1.70. The molecule has 5 aromatic rings. The van der Waals surface area contributed by atoms with Gasteiger partial charge >= 0.3 is 6.03 Å². The van der Waals surface area contributed by atoms with Gasteiger partial charge < -0.3 is 16.0 Å². The highest BCUT2D eigenvalue weighted by atomic mass is 19.1. The molecule has 2 amide bonds. The van der Waals surface area contributed by atoms with Gasteiger partial charge in [0.25, 0.3) is 5.56 Å². The first-order valence-corrected chi connectivity index (χ1v) is 13.9. The summed E-state index contributed by atoms with van der Waals surface area (Å²) in [6, 6.07) is 8.68. The minimum Gasteiger partial charge on any atom is -0.357 e. The fourth-order valence-corrected chi connectivity index (χ4v) is 4.81. The molecule has 4 aromatic heterocycles. The Balaban J connectivity index is 1.51. The summed E-state index contributed by atoms with van der Waals surface area (Å²) in [5, 5.41) is 22.5. The van der Waals surface area contributed by atoms with Crippen LogP contribution < -0.4 is 21.5 Å². The number of rotatable bonds is 7. The molecule has 0 saturated carbocycles. The third-order valence-corrected chi connectivity index (χ3v) is 7.03. The molecule has 224 valence electrons. The summed E-state index contributed by atoms with van der Waals surface area (Å²) in [6.45, 7) is 9.33. The summed E-state index contributed by atoms with van der Waals surface area (Å²) in [5.41, 5.74) is 2.99. The van der Waals surface area contributed by atoms with Crippen LogP contribution in [0.2, 0.25) is 0 Å². The fourth-order valence-electron chi connectivity index (χ4n) is 4.81. The number of hydrogen-bond acceptors (Lipinski definition) is 8. The second-order valence-corrected chi connectivity index (χ2v) is 10.8. The van der Waals surface area contributed by atoms with Crippen molar-refractivity contribution < 1.29 is 9.18 Å².